The van der Waals surface area contributed by atoms with Crippen molar-refractivity contribution in [3.8, 4) is 0 Å². The topological polar surface area (TPSA) is 61.6 Å². The van der Waals surface area contributed by atoms with Gasteiger partial charge in [-0.15, -0.1) is 0 Å². The van der Waals surface area contributed by atoms with Gasteiger partial charge in [0, 0.05) is 18.6 Å². The minimum atomic E-state index is -0.395. The average molecular weight is 265 g/mol. The molecule has 19 heavy (non-hydrogen) atoms. The molecule has 0 radical (unpaired) electrons. The Morgan fingerprint density at radius 2 is 1.79 bits per heavy atom. The van der Waals surface area contributed by atoms with Gasteiger partial charge in [-0.3, -0.25) is 10.1 Å². The Balaban J connectivity index is 2.11. The molecule has 104 valence electrons. The molecule has 1 saturated heterocycles. The van der Waals surface area contributed by atoms with E-state index in [1.54, 1.807) is 12.1 Å². The summed E-state index contributed by atoms with van der Waals surface area (Å²) in [5.41, 5.74) is 0.179. The Bertz CT molecular complexity index is 480. The van der Waals surface area contributed by atoms with Crippen molar-refractivity contribution in [2.24, 2.45) is 0 Å². The van der Waals surface area contributed by atoms with E-state index < -0.39 is 4.92 Å². The Labute approximate surface area is 112 Å². The van der Waals surface area contributed by atoms with Gasteiger partial charge in [-0.2, -0.15) is 0 Å². The van der Waals surface area contributed by atoms with E-state index >= 15 is 0 Å². The second-order valence-corrected chi connectivity index (χ2v) is 5.82. The number of ether oxygens (including phenoxy) is 2. The monoisotopic (exact) mass is 265 g/mol. The molecular weight excluding hydrogens is 246 g/mol. The van der Waals surface area contributed by atoms with Crippen LogP contribution in [0.1, 0.15) is 33.3 Å². The second-order valence-electron chi connectivity index (χ2n) is 5.82. The summed E-state index contributed by atoms with van der Waals surface area (Å²) < 4.78 is 11.8. The van der Waals surface area contributed by atoms with E-state index in [9.17, 15) is 10.1 Å². The van der Waals surface area contributed by atoms with Gasteiger partial charge in [-0.05, 0) is 33.3 Å². The van der Waals surface area contributed by atoms with Crippen LogP contribution < -0.4 is 0 Å². The number of benzene rings is 1. The maximum atomic E-state index is 10.7. The first-order valence-electron chi connectivity index (χ1n) is 6.30. The SMILES string of the molecule is CC1(C)OC(Cc2cccc([N+](=O)[O-])c2)OC1(C)C. The fourth-order valence-electron chi connectivity index (χ4n) is 2.04. The lowest BCUT2D eigenvalue weighted by atomic mass is 9.90. The van der Waals surface area contributed by atoms with Gasteiger partial charge in [0.1, 0.15) is 0 Å². The summed E-state index contributed by atoms with van der Waals surface area (Å²) in [6, 6.07) is 6.57. The van der Waals surface area contributed by atoms with E-state index in [0.717, 1.165) is 5.56 Å². The lowest BCUT2D eigenvalue weighted by Crippen LogP contribution is -2.41. The van der Waals surface area contributed by atoms with E-state index in [0.29, 0.717) is 6.42 Å². The summed E-state index contributed by atoms with van der Waals surface area (Å²) in [5.74, 6) is 0. The van der Waals surface area contributed by atoms with E-state index in [1.807, 2.05) is 33.8 Å². The highest BCUT2D eigenvalue weighted by Crippen LogP contribution is 2.39. The van der Waals surface area contributed by atoms with Crippen LogP contribution in [0.15, 0.2) is 24.3 Å². The average Bonchev–Trinajstić information content (AvgIpc) is 2.47. The fraction of sp³-hybridized carbons (Fsp3) is 0.571. The first kappa shape index (κ1) is 14.0. The molecule has 0 aliphatic carbocycles. The second kappa shape index (κ2) is 4.58. The van der Waals surface area contributed by atoms with Crippen LogP contribution in [-0.2, 0) is 15.9 Å². The molecule has 0 spiro atoms. The molecule has 1 aliphatic heterocycles. The van der Waals surface area contributed by atoms with Gasteiger partial charge in [0.05, 0.1) is 16.1 Å². The molecule has 1 heterocycles. The normalized spacial score (nSPS) is 21.5. The zero-order valence-electron chi connectivity index (χ0n) is 11.7. The van der Waals surface area contributed by atoms with Crippen molar-refractivity contribution >= 4 is 5.69 Å². The number of non-ortho nitro benzene ring substituents is 1. The molecule has 0 bridgehead atoms. The lowest BCUT2D eigenvalue weighted by molar-refractivity contribution is -0.384. The van der Waals surface area contributed by atoms with E-state index in [1.165, 1.54) is 6.07 Å². The van der Waals surface area contributed by atoms with Crippen molar-refractivity contribution in [2.75, 3.05) is 0 Å². The maximum Gasteiger partial charge on any atom is 0.269 e. The van der Waals surface area contributed by atoms with Crippen molar-refractivity contribution in [1.82, 2.24) is 0 Å². The smallest absolute Gasteiger partial charge is 0.269 e. The van der Waals surface area contributed by atoms with Gasteiger partial charge in [0.15, 0.2) is 6.29 Å². The van der Waals surface area contributed by atoms with Crippen molar-refractivity contribution in [3.05, 3.63) is 39.9 Å². The number of nitro groups is 1. The largest absolute Gasteiger partial charge is 0.343 e. The summed E-state index contributed by atoms with van der Waals surface area (Å²) in [4.78, 5) is 10.3. The standard InChI is InChI=1S/C14H19NO4/c1-13(2)14(3,4)19-12(18-13)9-10-6-5-7-11(8-10)15(16)17/h5-8,12H,9H2,1-4H3. The highest BCUT2D eigenvalue weighted by Gasteiger charge is 2.48. The third kappa shape index (κ3) is 2.77. The van der Waals surface area contributed by atoms with Crippen LogP contribution in [0.3, 0.4) is 0 Å². The Hall–Kier alpha value is -1.46. The van der Waals surface area contributed by atoms with Gasteiger partial charge >= 0.3 is 0 Å². The van der Waals surface area contributed by atoms with Gasteiger partial charge in [-0.1, -0.05) is 12.1 Å². The molecule has 0 aromatic heterocycles. The quantitative estimate of drug-likeness (QED) is 0.622. The van der Waals surface area contributed by atoms with E-state index in [4.69, 9.17) is 9.47 Å². The van der Waals surface area contributed by atoms with Gasteiger partial charge in [0.2, 0.25) is 0 Å². The number of nitrogens with zero attached hydrogens (tertiary/aromatic N) is 1. The van der Waals surface area contributed by atoms with Crippen LogP contribution in [-0.4, -0.2) is 22.4 Å². The fourth-order valence-corrected chi connectivity index (χ4v) is 2.04. The summed E-state index contributed by atoms with van der Waals surface area (Å²) in [6.45, 7) is 7.95. The minimum absolute atomic E-state index is 0.0917. The summed E-state index contributed by atoms with van der Waals surface area (Å²) in [6.07, 6.45) is 0.140. The lowest BCUT2D eigenvalue weighted by Gasteiger charge is -2.30. The van der Waals surface area contributed by atoms with Crippen LogP contribution in [0.2, 0.25) is 0 Å². The number of hydrogen-bond donors (Lipinski definition) is 0. The van der Waals surface area contributed by atoms with Crippen molar-refractivity contribution in [2.45, 2.75) is 51.6 Å². The van der Waals surface area contributed by atoms with Crippen molar-refractivity contribution in [1.29, 1.82) is 0 Å². The zero-order valence-corrected chi connectivity index (χ0v) is 11.7. The molecule has 1 aromatic rings. The molecule has 0 atom stereocenters. The summed E-state index contributed by atoms with van der Waals surface area (Å²) >= 11 is 0. The number of nitro benzene ring substituents is 1. The molecule has 1 aliphatic rings. The van der Waals surface area contributed by atoms with Crippen LogP contribution in [0.25, 0.3) is 0 Å². The first-order valence-corrected chi connectivity index (χ1v) is 6.30. The molecular formula is C14H19NO4. The van der Waals surface area contributed by atoms with Crippen molar-refractivity contribution < 1.29 is 14.4 Å². The van der Waals surface area contributed by atoms with Crippen LogP contribution in [0.5, 0.6) is 0 Å². The third-order valence-corrected chi connectivity index (χ3v) is 3.83. The first-order chi connectivity index (χ1) is 8.71. The van der Waals surface area contributed by atoms with Gasteiger partial charge in [-0.25, -0.2) is 0 Å². The summed E-state index contributed by atoms with van der Waals surface area (Å²) in [5, 5.41) is 10.7. The highest BCUT2D eigenvalue weighted by atomic mass is 16.7. The zero-order chi connectivity index (χ0) is 14.3. The predicted octanol–water partition coefficient (Wildman–Crippen LogP) is 3.07. The highest BCUT2D eigenvalue weighted by molar-refractivity contribution is 5.34. The molecule has 5 heteroatoms. The van der Waals surface area contributed by atoms with Crippen molar-refractivity contribution in [3.63, 3.8) is 0 Å². The van der Waals surface area contributed by atoms with Crippen LogP contribution >= 0.6 is 0 Å². The minimum Gasteiger partial charge on any atom is -0.343 e. The van der Waals surface area contributed by atoms with Crippen LogP contribution in [0.4, 0.5) is 5.69 Å². The van der Waals surface area contributed by atoms with Crippen LogP contribution in [0, 0.1) is 10.1 Å². The molecule has 0 N–H and O–H groups in total. The predicted molar refractivity (Wildman–Crippen MR) is 70.9 cm³/mol. The molecule has 5 nitrogen and oxygen atoms in total. The number of hydrogen-bond acceptors (Lipinski definition) is 4. The van der Waals surface area contributed by atoms with E-state index in [-0.39, 0.29) is 23.2 Å². The molecule has 1 fully saturated rings. The summed E-state index contributed by atoms with van der Waals surface area (Å²) in [7, 11) is 0. The third-order valence-electron chi connectivity index (χ3n) is 3.83. The number of rotatable bonds is 3. The maximum absolute atomic E-state index is 10.7. The molecule has 1 aromatic carbocycles. The van der Waals surface area contributed by atoms with E-state index in [2.05, 4.69) is 0 Å². The van der Waals surface area contributed by atoms with Gasteiger partial charge in [0.25, 0.3) is 5.69 Å². The molecule has 0 amide bonds. The van der Waals surface area contributed by atoms with Gasteiger partial charge < -0.3 is 9.47 Å². The molecule has 0 unspecified atom stereocenters. The molecule has 2 rings (SSSR count). The Kier molecular flexibility index (Phi) is 3.36. The molecule has 0 saturated carbocycles. The Morgan fingerprint density at radius 3 is 2.32 bits per heavy atom. The Morgan fingerprint density at radius 1 is 1.21 bits per heavy atom.